The van der Waals surface area contributed by atoms with Crippen molar-refractivity contribution in [3.63, 3.8) is 0 Å². The molecule has 17 amide bonds. The zero-order valence-corrected chi connectivity index (χ0v) is 62.6. The van der Waals surface area contributed by atoms with E-state index >= 15 is 0 Å². The van der Waals surface area contributed by atoms with Gasteiger partial charge >= 0.3 is 5.97 Å². The Balaban J connectivity index is 5.99. The van der Waals surface area contributed by atoms with Gasteiger partial charge in [-0.05, 0) is 97.8 Å². The third-order valence-electron chi connectivity index (χ3n) is 16.4. The monoisotopic (exact) mass is 1480 g/mol. The predicted molar refractivity (Wildman–Crippen MR) is 374 cm³/mol. The van der Waals surface area contributed by atoms with Crippen molar-refractivity contribution in [2.75, 3.05) is 19.6 Å². The van der Waals surface area contributed by atoms with E-state index in [1.54, 1.807) is 69.2 Å². The molecule has 0 saturated carbocycles. The maximum atomic E-state index is 14.0. The number of carbonyl (C=O) groups excluding carboxylic acids is 17. The van der Waals surface area contributed by atoms with Crippen LogP contribution >= 0.6 is 0 Å². The molecule has 0 bridgehead atoms. The van der Waals surface area contributed by atoms with Crippen LogP contribution in [0.25, 0.3) is 0 Å². The van der Waals surface area contributed by atoms with Gasteiger partial charge in [0.25, 0.3) is 0 Å². The minimum atomic E-state index is -1.77. The van der Waals surface area contributed by atoms with Crippen molar-refractivity contribution < 1.29 is 102 Å². The molecule has 104 heavy (non-hydrogen) atoms. The van der Waals surface area contributed by atoms with Crippen LogP contribution in [0.3, 0.4) is 0 Å². The first-order valence-corrected chi connectivity index (χ1v) is 34.5. The summed E-state index contributed by atoms with van der Waals surface area (Å²) in [6, 6.07) is -19.6. The molecule has 0 aliphatic heterocycles. The summed E-state index contributed by atoms with van der Waals surface area (Å²) in [6.07, 6.45) is -3.47. The highest BCUT2D eigenvalue weighted by atomic mass is 16.4. The molecule has 0 aromatic rings. The summed E-state index contributed by atoms with van der Waals surface area (Å²) >= 11 is 0. The average Bonchev–Trinajstić information content (AvgIpc) is 0.851. The SMILES string of the molecule is CC[C@H](C)[C@H](NC(=O)CNC(=O)[C@H](C)NC(=O)[C@@H](NC(=O)[C@@H](NC(=O)[C@H](CCC(N)=O)NC(=O)[C@H](C)NC(=O)[C@H](C)NC(=O)[C@@H](NC(=O)[C@H](C)NC(=O)[C@@H](NC(=O)CNC(=O)[C@H](CC(C)C)NC(=O)[C@H](C)NC(=O)[C@@H](NC(=O)CN)C(C)C)C(C)C)[C@@H](C)O)[C@@H](C)CC)[C@@H](C)O)C(=O)N[C@@H](C)C(=O)O. The van der Waals surface area contributed by atoms with Crippen molar-refractivity contribution in [1.82, 2.24) is 85.1 Å². The molecule has 0 spiro atoms. The fourth-order valence-electron chi connectivity index (χ4n) is 9.45. The molecular formula is C65H114N18O21. The minimum Gasteiger partial charge on any atom is -0.480 e. The second-order valence-electron chi connectivity index (χ2n) is 27.0. The number of nitrogens with two attached hydrogens (primary N) is 2. The van der Waals surface area contributed by atoms with Crippen molar-refractivity contribution in [1.29, 1.82) is 0 Å². The van der Waals surface area contributed by atoms with Gasteiger partial charge in [-0.15, -0.1) is 0 Å². The highest BCUT2D eigenvalue weighted by Crippen LogP contribution is 2.14. The van der Waals surface area contributed by atoms with Gasteiger partial charge in [0.2, 0.25) is 100 Å². The summed E-state index contributed by atoms with van der Waals surface area (Å²) in [5, 5.41) is 68.9. The van der Waals surface area contributed by atoms with Gasteiger partial charge in [-0.3, -0.25) is 86.3 Å². The molecule has 39 nitrogen and oxygen atoms in total. The highest BCUT2D eigenvalue weighted by molar-refractivity contribution is 6.00. The normalized spacial score (nSPS) is 16.4. The van der Waals surface area contributed by atoms with Crippen LogP contribution in [0, 0.1) is 29.6 Å². The smallest absolute Gasteiger partial charge is 0.325 e. The fourth-order valence-corrected chi connectivity index (χ4v) is 9.45. The maximum Gasteiger partial charge on any atom is 0.325 e. The van der Waals surface area contributed by atoms with Crippen LogP contribution in [0.2, 0.25) is 0 Å². The number of primary amides is 1. The zero-order valence-electron chi connectivity index (χ0n) is 62.6. The predicted octanol–water partition coefficient (Wildman–Crippen LogP) is -7.35. The number of carbonyl (C=O) groups is 18. The lowest BCUT2D eigenvalue weighted by Gasteiger charge is -2.29. The number of carboxylic acid groups (broad SMARTS) is 1. The van der Waals surface area contributed by atoms with E-state index in [1.165, 1.54) is 41.5 Å². The number of nitrogens with one attached hydrogen (secondary N) is 16. The summed E-state index contributed by atoms with van der Waals surface area (Å²) < 4.78 is 0. The van der Waals surface area contributed by atoms with E-state index in [9.17, 15) is 102 Å². The Kier molecular flexibility index (Phi) is 41.9. The van der Waals surface area contributed by atoms with Crippen molar-refractivity contribution >= 4 is 106 Å². The Morgan fingerprint density at radius 1 is 0.327 bits per heavy atom. The van der Waals surface area contributed by atoms with E-state index in [0.717, 1.165) is 13.8 Å². The van der Waals surface area contributed by atoms with Gasteiger partial charge < -0.3 is 112 Å². The van der Waals surface area contributed by atoms with Crippen LogP contribution in [0.4, 0.5) is 0 Å². The van der Waals surface area contributed by atoms with Gasteiger partial charge in [0.1, 0.15) is 84.6 Å². The lowest BCUT2D eigenvalue weighted by molar-refractivity contribution is -0.142. The van der Waals surface area contributed by atoms with E-state index in [4.69, 9.17) is 11.5 Å². The van der Waals surface area contributed by atoms with Crippen molar-refractivity contribution in [2.45, 2.75) is 254 Å². The molecule has 0 unspecified atom stereocenters. The van der Waals surface area contributed by atoms with E-state index in [2.05, 4.69) is 85.1 Å². The molecule has 39 heteroatoms. The molecule has 0 rings (SSSR count). The van der Waals surface area contributed by atoms with Crippen molar-refractivity contribution in [3.05, 3.63) is 0 Å². The number of rotatable bonds is 46. The highest BCUT2D eigenvalue weighted by Gasteiger charge is 2.38. The molecule has 0 saturated heterocycles. The van der Waals surface area contributed by atoms with E-state index in [1.807, 2.05) is 0 Å². The first-order valence-electron chi connectivity index (χ1n) is 34.5. The Labute approximate surface area is 605 Å². The second kappa shape index (κ2) is 46.1. The molecule has 0 heterocycles. The average molecular weight is 1480 g/mol. The van der Waals surface area contributed by atoms with Crippen LogP contribution < -0.4 is 96.5 Å². The number of hydrogen-bond acceptors (Lipinski definition) is 21. The number of aliphatic hydroxyl groups is 2. The topological polar surface area (TPSA) is 612 Å². The molecule has 0 radical (unpaired) electrons. The summed E-state index contributed by atoms with van der Waals surface area (Å²) in [4.78, 5) is 236. The van der Waals surface area contributed by atoms with Crippen molar-refractivity contribution in [3.8, 4) is 0 Å². The molecule has 0 aliphatic rings. The molecule has 0 fully saturated rings. The Hall–Kier alpha value is -9.66. The van der Waals surface area contributed by atoms with Crippen LogP contribution in [-0.4, -0.2) is 238 Å². The summed E-state index contributed by atoms with van der Waals surface area (Å²) in [5.74, 6) is -18.9. The first-order chi connectivity index (χ1) is 48.1. The molecule has 0 aliphatic carbocycles. The van der Waals surface area contributed by atoms with Gasteiger partial charge in [-0.1, -0.05) is 82.1 Å². The van der Waals surface area contributed by atoms with Gasteiger partial charge in [-0.25, -0.2) is 0 Å². The maximum absolute atomic E-state index is 14.0. The van der Waals surface area contributed by atoms with E-state index < -0.39 is 247 Å². The summed E-state index contributed by atoms with van der Waals surface area (Å²) in [5.41, 5.74) is 10.8. The van der Waals surface area contributed by atoms with E-state index in [0.29, 0.717) is 6.42 Å². The van der Waals surface area contributed by atoms with Crippen LogP contribution in [0.5, 0.6) is 0 Å². The molecule has 0 aromatic heterocycles. The van der Waals surface area contributed by atoms with Gasteiger partial charge in [0.15, 0.2) is 0 Å². The summed E-state index contributed by atoms with van der Waals surface area (Å²) in [6.45, 7) is 24.5. The fraction of sp³-hybridized carbons (Fsp3) is 0.723. The molecule has 590 valence electrons. The zero-order chi connectivity index (χ0) is 80.5. The Bertz CT molecular complexity index is 3020. The van der Waals surface area contributed by atoms with Gasteiger partial charge in [-0.2, -0.15) is 0 Å². The van der Waals surface area contributed by atoms with E-state index in [-0.39, 0.29) is 31.2 Å². The number of hydrogen-bond donors (Lipinski definition) is 21. The first kappa shape index (κ1) is 94.3. The number of amides is 17. The van der Waals surface area contributed by atoms with Crippen molar-refractivity contribution in [2.24, 2.45) is 41.1 Å². The quantitative estimate of drug-likeness (QED) is 0.0269. The lowest BCUT2D eigenvalue weighted by Crippen LogP contribution is -2.62. The number of aliphatic hydroxyl groups excluding tert-OH is 2. The molecule has 0 aromatic carbocycles. The lowest BCUT2D eigenvalue weighted by atomic mass is 9.96. The van der Waals surface area contributed by atoms with Gasteiger partial charge in [0.05, 0.1) is 31.8 Å². The third kappa shape index (κ3) is 33.6. The van der Waals surface area contributed by atoms with Crippen LogP contribution in [0.15, 0.2) is 0 Å². The van der Waals surface area contributed by atoms with Crippen LogP contribution in [0.1, 0.15) is 157 Å². The molecule has 23 N–H and O–H groups in total. The standard InChI is InChI=1S/C65H114N18O21/c1-19-30(9)48(61(99)75-37(16)65(103)104)80-45(89)25-68-52(90)32(11)71-64(102)51(39(18)85)83-62(100)49(31(10)20-2)81-58(96)40(21-22-42(67)86)76-54(92)34(13)70-53(91)33(12)74-63(101)50(38(17)84)82-56(94)36(15)73-60(98)47(29(7)8)79-44(88)26-69-57(95)41(23-27(3)4)77-55(93)35(14)72-59(97)46(28(5)6)78-43(87)24-66/h27-41,46-51,84-85H,19-26,66H2,1-18H3,(H2,67,86)(H,68,90)(H,69,95)(H,70,91)(H,71,102)(H,72,97)(H,73,98)(H,74,101)(H,75,99)(H,76,92)(H,77,93)(H,78,87)(H,79,88)(H,80,89)(H,81,96)(H,82,94)(H,83,100)(H,103,104)/t30-,31-,32-,33-,34-,35-,36-,37-,38+,39+,40-,41-,46-,47-,48-,49-,50-,51-/m0/s1. The number of aliphatic carboxylic acids is 1. The van der Waals surface area contributed by atoms with Gasteiger partial charge in [0, 0.05) is 6.42 Å². The van der Waals surface area contributed by atoms with Crippen LogP contribution in [-0.2, 0) is 86.3 Å². The Morgan fingerprint density at radius 3 is 1.00 bits per heavy atom. The molecular weight excluding hydrogens is 1370 g/mol. The minimum absolute atomic E-state index is 0.106. The largest absolute Gasteiger partial charge is 0.480 e. The number of carboxylic acids is 1. The second-order valence-corrected chi connectivity index (χ2v) is 27.0. The Morgan fingerprint density at radius 2 is 0.625 bits per heavy atom. The summed E-state index contributed by atoms with van der Waals surface area (Å²) in [7, 11) is 0. The third-order valence-corrected chi connectivity index (χ3v) is 16.4. The molecule has 18 atom stereocenters.